The van der Waals surface area contributed by atoms with E-state index in [-0.39, 0.29) is 24.5 Å². The standard InChI is InChI=1S/C19H17FN6O5S/c1-21-32(28,29)25-18-17(20)13(6-8-22-18)11-26-10-12-4-5-14(9-15(12)31-19(26)27)30-16-3-2-7-23-24-16/h2-9,21H,10-11H2,1H3,(H,22,25). The third-order valence-corrected chi connectivity index (χ3v) is 5.46. The van der Waals surface area contributed by atoms with Gasteiger partial charge in [0.15, 0.2) is 11.6 Å². The Labute approximate surface area is 182 Å². The van der Waals surface area contributed by atoms with E-state index in [0.29, 0.717) is 17.1 Å². The first-order chi connectivity index (χ1) is 15.3. The van der Waals surface area contributed by atoms with Crippen molar-refractivity contribution < 1.29 is 27.1 Å². The van der Waals surface area contributed by atoms with Gasteiger partial charge in [-0.3, -0.25) is 9.62 Å². The van der Waals surface area contributed by atoms with Crippen LogP contribution < -0.4 is 18.9 Å². The summed E-state index contributed by atoms with van der Waals surface area (Å²) in [6, 6.07) is 9.61. The summed E-state index contributed by atoms with van der Waals surface area (Å²) in [5.41, 5.74) is 0.749. The van der Waals surface area contributed by atoms with Crippen molar-refractivity contribution in [1.82, 2.24) is 24.8 Å². The van der Waals surface area contributed by atoms with Crippen LogP contribution in [0.3, 0.4) is 0 Å². The molecule has 166 valence electrons. The van der Waals surface area contributed by atoms with Crippen LogP contribution in [0, 0.1) is 5.82 Å². The van der Waals surface area contributed by atoms with Gasteiger partial charge in [0.2, 0.25) is 5.88 Å². The monoisotopic (exact) mass is 460 g/mol. The van der Waals surface area contributed by atoms with Gasteiger partial charge in [-0.2, -0.15) is 13.5 Å². The number of nitrogens with zero attached hydrogens (tertiary/aromatic N) is 4. The van der Waals surface area contributed by atoms with E-state index in [1.165, 1.54) is 30.4 Å². The topological polar surface area (TPSA) is 136 Å². The molecule has 1 amide bonds. The molecule has 0 spiro atoms. The number of aromatic nitrogens is 3. The second kappa shape index (κ2) is 8.72. The van der Waals surface area contributed by atoms with Crippen LogP contribution in [0.2, 0.25) is 0 Å². The van der Waals surface area contributed by atoms with Gasteiger partial charge < -0.3 is 9.47 Å². The van der Waals surface area contributed by atoms with E-state index in [1.807, 2.05) is 9.44 Å². The minimum Gasteiger partial charge on any atom is -0.437 e. The molecular formula is C19H17FN6O5S. The Morgan fingerprint density at radius 1 is 1.25 bits per heavy atom. The normalized spacial score (nSPS) is 13.3. The van der Waals surface area contributed by atoms with Gasteiger partial charge in [-0.1, -0.05) is 0 Å². The summed E-state index contributed by atoms with van der Waals surface area (Å²) in [6.45, 7) is -0.00229. The van der Waals surface area contributed by atoms with Crippen molar-refractivity contribution in [1.29, 1.82) is 0 Å². The van der Waals surface area contributed by atoms with Crippen LogP contribution in [0.5, 0.6) is 17.4 Å². The van der Waals surface area contributed by atoms with E-state index < -0.39 is 27.9 Å². The molecule has 11 nitrogen and oxygen atoms in total. The third-order valence-electron chi connectivity index (χ3n) is 4.46. The van der Waals surface area contributed by atoms with Crippen LogP contribution in [0.15, 0.2) is 48.8 Å². The summed E-state index contributed by atoms with van der Waals surface area (Å²) in [5.74, 6) is -0.363. The van der Waals surface area contributed by atoms with Crippen molar-refractivity contribution in [3.8, 4) is 17.4 Å². The largest absolute Gasteiger partial charge is 0.437 e. The van der Waals surface area contributed by atoms with E-state index in [1.54, 1.807) is 30.3 Å². The Hall–Kier alpha value is -3.84. The molecule has 0 fully saturated rings. The molecule has 3 aromatic rings. The van der Waals surface area contributed by atoms with Gasteiger partial charge in [0.1, 0.15) is 11.5 Å². The Morgan fingerprint density at radius 3 is 2.84 bits per heavy atom. The van der Waals surface area contributed by atoms with Crippen LogP contribution in [-0.4, -0.2) is 41.6 Å². The Kier molecular flexibility index (Phi) is 5.83. The maximum atomic E-state index is 14.8. The first-order valence-corrected chi connectivity index (χ1v) is 10.7. The average Bonchev–Trinajstić information content (AvgIpc) is 2.77. The molecule has 2 N–H and O–H groups in total. The predicted molar refractivity (Wildman–Crippen MR) is 110 cm³/mol. The van der Waals surface area contributed by atoms with Crippen molar-refractivity contribution in [3.05, 3.63) is 65.7 Å². The molecule has 1 aliphatic rings. The fourth-order valence-corrected chi connectivity index (χ4v) is 3.40. The summed E-state index contributed by atoms with van der Waals surface area (Å²) in [4.78, 5) is 17.5. The fraction of sp³-hybridized carbons (Fsp3) is 0.158. The van der Waals surface area contributed by atoms with Gasteiger partial charge in [0.25, 0.3) is 10.2 Å². The zero-order valence-corrected chi connectivity index (χ0v) is 17.5. The van der Waals surface area contributed by atoms with Crippen LogP contribution >= 0.6 is 0 Å². The molecule has 0 aliphatic carbocycles. The molecule has 0 saturated carbocycles. The average molecular weight is 460 g/mol. The lowest BCUT2D eigenvalue weighted by Crippen LogP contribution is -2.36. The molecule has 2 aromatic heterocycles. The molecule has 1 aromatic carbocycles. The number of ether oxygens (including phenoxy) is 2. The summed E-state index contributed by atoms with van der Waals surface area (Å²) in [5, 5.41) is 7.55. The maximum Gasteiger partial charge on any atom is 0.415 e. The number of fused-ring (bicyclic) bond motifs is 1. The number of carbonyl (C=O) groups is 1. The maximum absolute atomic E-state index is 14.8. The van der Waals surface area contributed by atoms with Gasteiger partial charge in [-0.05, 0) is 24.3 Å². The smallest absolute Gasteiger partial charge is 0.415 e. The van der Waals surface area contributed by atoms with Gasteiger partial charge in [-0.15, -0.1) is 5.10 Å². The highest BCUT2D eigenvalue weighted by Gasteiger charge is 2.27. The number of anilines is 1. The second-order valence-corrected chi connectivity index (χ2v) is 8.22. The minimum absolute atomic E-state index is 0.0665. The molecule has 13 heteroatoms. The lowest BCUT2D eigenvalue weighted by Gasteiger charge is -2.28. The van der Waals surface area contributed by atoms with E-state index >= 15 is 0 Å². The fourth-order valence-electron chi connectivity index (χ4n) is 2.90. The number of benzene rings is 1. The number of pyridine rings is 1. The molecule has 0 atom stereocenters. The Balaban J connectivity index is 1.50. The Morgan fingerprint density at radius 2 is 2.09 bits per heavy atom. The van der Waals surface area contributed by atoms with E-state index in [9.17, 15) is 17.6 Å². The molecule has 1 aliphatic heterocycles. The van der Waals surface area contributed by atoms with Crippen molar-refractivity contribution in [2.24, 2.45) is 0 Å². The number of carbonyl (C=O) groups excluding carboxylic acids is 1. The predicted octanol–water partition coefficient (Wildman–Crippen LogP) is 2.19. The van der Waals surface area contributed by atoms with Gasteiger partial charge >= 0.3 is 6.09 Å². The highest BCUT2D eigenvalue weighted by molar-refractivity contribution is 7.90. The lowest BCUT2D eigenvalue weighted by atomic mass is 10.1. The number of rotatable bonds is 7. The van der Waals surface area contributed by atoms with E-state index in [4.69, 9.17) is 9.47 Å². The van der Waals surface area contributed by atoms with Crippen LogP contribution in [0.25, 0.3) is 0 Å². The van der Waals surface area contributed by atoms with Gasteiger partial charge in [-0.25, -0.2) is 18.9 Å². The van der Waals surface area contributed by atoms with Gasteiger partial charge in [0, 0.05) is 42.7 Å². The number of hydrogen-bond donors (Lipinski definition) is 2. The highest BCUT2D eigenvalue weighted by atomic mass is 32.2. The van der Waals surface area contributed by atoms with Crippen LogP contribution in [0.1, 0.15) is 11.1 Å². The summed E-state index contributed by atoms with van der Waals surface area (Å²) < 4.78 is 53.0. The minimum atomic E-state index is -3.95. The highest BCUT2D eigenvalue weighted by Crippen LogP contribution is 2.32. The van der Waals surface area contributed by atoms with Crippen molar-refractivity contribution in [3.63, 3.8) is 0 Å². The number of nitrogens with one attached hydrogen (secondary N) is 2. The number of amides is 1. The molecule has 0 saturated heterocycles. The molecule has 3 heterocycles. The third kappa shape index (κ3) is 4.73. The molecule has 0 bridgehead atoms. The Bertz CT molecular complexity index is 1260. The van der Waals surface area contributed by atoms with Crippen molar-refractivity contribution in [2.75, 3.05) is 11.8 Å². The zero-order chi connectivity index (χ0) is 22.7. The summed E-state index contributed by atoms with van der Waals surface area (Å²) in [7, 11) is -2.77. The van der Waals surface area contributed by atoms with E-state index in [2.05, 4.69) is 15.2 Å². The summed E-state index contributed by atoms with van der Waals surface area (Å²) in [6.07, 6.45) is 2.06. The quantitative estimate of drug-likeness (QED) is 0.548. The summed E-state index contributed by atoms with van der Waals surface area (Å²) >= 11 is 0. The molecule has 0 radical (unpaired) electrons. The second-order valence-electron chi connectivity index (χ2n) is 6.60. The SMILES string of the molecule is CNS(=O)(=O)Nc1nccc(CN2Cc3ccc(Oc4cccnn4)cc3OC2=O)c1F. The van der Waals surface area contributed by atoms with Crippen LogP contribution in [0.4, 0.5) is 15.0 Å². The zero-order valence-electron chi connectivity index (χ0n) is 16.6. The molecule has 32 heavy (non-hydrogen) atoms. The molecular weight excluding hydrogens is 443 g/mol. The molecule has 0 unspecified atom stereocenters. The number of hydrogen-bond acceptors (Lipinski definition) is 8. The first kappa shape index (κ1) is 21.4. The van der Waals surface area contributed by atoms with Crippen molar-refractivity contribution in [2.45, 2.75) is 13.1 Å². The van der Waals surface area contributed by atoms with E-state index in [0.717, 1.165) is 0 Å². The van der Waals surface area contributed by atoms with Crippen molar-refractivity contribution >= 4 is 22.1 Å². The van der Waals surface area contributed by atoms with Crippen LogP contribution in [-0.2, 0) is 23.3 Å². The van der Waals surface area contributed by atoms with Gasteiger partial charge in [0.05, 0.1) is 13.1 Å². The number of halogens is 1. The first-order valence-electron chi connectivity index (χ1n) is 9.24. The lowest BCUT2D eigenvalue weighted by molar-refractivity contribution is 0.134. The molecule has 4 rings (SSSR count).